The van der Waals surface area contributed by atoms with E-state index in [4.69, 9.17) is 4.74 Å². The van der Waals surface area contributed by atoms with E-state index >= 15 is 0 Å². The molecule has 1 heterocycles. The highest BCUT2D eigenvalue weighted by Gasteiger charge is 2.11. The number of hydrogen-bond donors (Lipinski definition) is 1. The molecule has 0 saturated carbocycles. The van der Waals surface area contributed by atoms with Crippen LogP contribution < -0.4 is 5.43 Å². The Labute approximate surface area is 148 Å². The Bertz CT molecular complexity index is 718. The molecule has 2 aromatic rings. The molecule has 1 fully saturated rings. The van der Waals surface area contributed by atoms with Crippen molar-refractivity contribution in [2.45, 2.75) is 13.5 Å². The van der Waals surface area contributed by atoms with Crippen molar-refractivity contribution in [2.75, 3.05) is 26.3 Å². The van der Waals surface area contributed by atoms with Crippen molar-refractivity contribution in [1.29, 1.82) is 0 Å². The second-order valence-corrected chi connectivity index (χ2v) is 6.20. The highest BCUT2D eigenvalue weighted by molar-refractivity contribution is 5.94. The lowest BCUT2D eigenvalue weighted by molar-refractivity contribution is 0.0342. The summed E-state index contributed by atoms with van der Waals surface area (Å²) in [6.07, 6.45) is 1.64. The maximum absolute atomic E-state index is 12.1. The van der Waals surface area contributed by atoms with Gasteiger partial charge in [0.05, 0.1) is 19.4 Å². The van der Waals surface area contributed by atoms with Gasteiger partial charge in [-0.3, -0.25) is 9.69 Å². The Morgan fingerprint density at radius 1 is 1.12 bits per heavy atom. The van der Waals surface area contributed by atoms with E-state index in [1.54, 1.807) is 6.21 Å². The van der Waals surface area contributed by atoms with Crippen LogP contribution in [0.5, 0.6) is 0 Å². The fourth-order valence-electron chi connectivity index (χ4n) is 2.66. The van der Waals surface area contributed by atoms with E-state index < -0.39 is 0 Å². The molecule has 1 N–H and O–H groups in total. The molecule has 5 heteroatoms. The summed E-state index contributed by atoms with van der Waals surface area (Å²) < 4.78 is 5.36. The Kier molecular flexibility index (Phi) is 5.93. The highest BCUT2D eigenvalue weighted by Crippen LogP contribution is 2.09. The Morgan fingerprint density at radius 2 is 1.80 bits per heavy atom. The van der Waals surface area contributed by atoms with Crippen molar-refractivity contribution in [3.8, 4) is 0 Å². The number of benzene rings is 2. The lowest BCUT2D eigenvalue weighted by Gasteiger charge is -2.26. The molecule has 0 bridgehead atoms. The van der Waals surface area contributed by atoms with Crippen LogP contribution in [0.1, 0.15) is 27.0 Å². The largest absolute Gasteiger partial charge is 0.379 e. The Morgan fingerprint density at radius 3 is 2.48 bits per heavy atom. The number of rotatable bonds is 5. The SMILES string of the molecule is Cc1ccc(/C=N/NC(=O)c2ccc(CN3CCOCC3)cc2)cc1. The summed E-state index contributed by atoms with van der Waals surface area (Å²) in [7, 11) is 0. The third-order valence-corrected chi connectivity index (χ3v) is 4.18. The first-order chi connectivity index (χ1) is 12.2. The summed E-state index contributed by atoms with van der Waals surface area (Å²) in [5.41, 5.74) is 6.51. The third kappa shape index (κ3) is 5.24. The maximum Gasteiger partial charge on any atom is 0.271 e. The summed E-state index contributed by atoms with van der Waals surface area (Å²) >= 11 is 0. The Hall–Kier alpha value is -2.50. The van der Waals surface area contributed by atoms with Gasteiger partial charge in [0.1, 0.15) is 0 Å². The maximum atomic E-state index is 12.1. The highest BCUT2D eigenvalue weighted by atomic mass is 16.5. The van der Waals surface area contributed by atoms with E-state index in [2.05, 4.69) is 15.4 Å². The molecule has 130 valence electrons. The van der Waals surface area contributed by atoms with E-state index in [1.807, 2.05) is 55.5 Å². The number of nitrogens with zero attached hydrogens (tertiary/aromatic N) is 2. The van der Waals surface area contributed by atoms with Gasteiger partial charge in [-0.25, -0.2) is 5.43 Å². The average Bonchev–Trinajstić information content (AvgIpc) is 2.65. The minimum Gasteiger partial charge on any atom is -0.379 e. The average molecular weight is 337 g/mol. The second kappa shape index (κ2) is 8.55. The second-order valence-electron chi connectivity index (χ2n) is 6.20. The number of aryl methyl sites for hydroxylation is 1. The van der Waals surface area contributed by atoms with Gasteiger partial charge in [0, 0.05) is 25.2 Å². The van der Waals surface area contributed by atoms with Crippen LogP contribution >= 0.6 is 0 Å². The van der Waals surface area contributed by atoms with Gasteiger partial charge in [0.15, 0.2) is 0 Å². The molecule has 25 heavy (non-hydrogen) atoms. The van der Waals surface area contributed by atoms with Gasteiger partial charge >= 0.3 is 0 Å². The van der Waals surface area contributed by atoms with Crippen molar-refractivity contribution in [3.63, 3.8) is 0 Å². The normalized spacial score (nSPS) is 15.4. The van der Waals surface area contributed by atoms with Gasteiger partial charge in [0.2, 0.25) is 0 Å². The van der Waals surface area contributed by atoms with Crippen LogP contribution in [0.2, 0.25) is 0 Å². The predicted molar refractivity (Wildman–Crippen MR) is 98.8 cm³/mol. The van der Waals surface area contributed by atoms with E-state index in [0.29, 0.717) is 5.56 Å². The number of amides is 1. The zero-order valence-corrected chi connectivity index (χ0v) is 14.4. The summed E-state index contributed by atoms with van der Waals surface area (Å²) in [4.78, 5) is 14.5. The first-order valence-corrected chi connectivity index (χ1v) is 8.50. The topological polar surface area (TPSA) is 53.9 Å². The van der Waals surface area contributed by atoms with Crippen molar-refractivity contribution in [2.24, 2.45) is 5.10 Å². The zero-order valence-electron chi connectivity index (χ0n) is 14.4. The van der Waals surface area contributed by atoms with Gasteiger partial charge in [-0.05, 0) is 30.2 Å². The van der Waals surface area contributed by atoms with Crippen LogP contribution in [0.3, 0.4) is 0 Å². The molecule has 0 unspecified atom stereocenters. The number of hydrazone groups is 1. The van der Waals surface area contributed by atoms with Crippen LogP contribution in [0.25, 0.3) is 0 Å². The van der Waals surface area contributed by atoms with E-state index in [0.717, 1.165) is 38.4 Å². The number of carbonyl (C=O) groups excluding carboxylic acids is 1. The van der Waals surface area contributed by atoms with Crippen LogP contribution in [-0.2, 0) is 11.3 Å². The molecule has 1 saturated heterocycles. The molecule has 1 aliphatic heterocycles. The summed E-state index contributed by atoms with van der Waals surface area (Å²) in [6, 6.07) is 15.6. The molecule has 3 rings (SSSR count). The molecular weight excluding hydrogens is 314 g/mol. The fourth-order valence-corrected chi connectivity index (χ4v) is 2.66. The van der Waals surface area contributed by atoms with Crippen LogP contribution in [0, 0.1) is 6.92 Å². The number of hydrogen-bond acceptors (Lipinski definition) is 4. The van der Waals surface area contributed by atoms with E-state index in [1.165, 1.54) is 11.1 Å². The standard InChI is InChI=1S/C20H23N3O2/c1-16-2-4-17(5-3-16)14-21-22-20(24)19-8-6-18(7-9-19)15-23-10-12-25-13-11-23/h2-9,14H,10-13,15H2,1H3,(H,22,24)/b21-14+. The third-order valence-electron chi connectivity index (χ3n) is 4.18. The van der Waals surface area contributed by atoms with Gasteiger partial charge in [-0.1, -0.05) is 42.0 Å². The molecule has 2 aromatic carbocycles. The van der Waals surface area contributed by atoms with Crippen LogP contribution in [-0.4, -0.2) is 43.3 Å². The number of ether oxygens (including phenoxy) is 1. The lowest BCUT2D eigenvalue weighted by atomic mass is 10.1. The fraction of sp³-hybridized carbons (Fsp3) is 0.300. The molecule has 0 atom stereocenters. The predicted octanol–water partition coefficient (Wildman–Crippen LogP) is 2.59. The molecular formula is C20H23N3O2. The smallest absolute Gasteiger partial charge is 0.271 e. The van der Waals surface area contributed by atoms with Crippen molar-refractivity contribution < 1.29 is 9.53 Å². The molecule has 0 aliphatic carbocycles. The number of nitrogens with one attached hydrogen (secondary N) is 1. The van der Waals surface area contributed by atoms with Crippen LogP contribution in [0.4, 0.5) is 0 Å². The first-order valence-electron chi connectivity index (χ1n) is 8.50. The number of morpholine rings is 1. The molecule has 0 spiro atoms. The van der Waals surface area contributed by atoms with Gasteiger partial charge in [-0.2, -0.15) is 5.10 Å². The Balaban J connectivity index is 1.52. The zero-order chi connectivity index (χ0) is 17.5. The van der Waals surface area contributed by atoms with E-state index in [9.17, 15) is 4.79 Å². The monoisotopic (exact) mass is 337 g/mol. The van der Waals surface area contributed by atoms with Crippen molar-refractivity contribution in [1.82, 2.24) is 10.3 Å². The minimum absolute atomic E-state index is 0.207. The van der Waals surface area contributed by atoms with Gasteiger partial charge < -0.3 is 4.74 Å². The minimum atomic E-state index is -0.207. The number of carbonyl (C=O) groups is 1. The molecule has 1 amide bonds. The van der Waals surface area contributed by atoms with Crippen molar-refractivity contribution in [3.05, 3.63) is 70.8 Å². The van der Waals surface area contributed by atoms with Gasteiger partial charge in [-0.15, -0.1) is 0 Å². The molecule has 5 nitrogen and oxygen atoms in total. The van der Waals surface area contributed by atoms with Crippen LogP contribution in [0.15, 0.2) is 53.6 Å². The summed E-state index contributed by atoms with van der Waals surface area (Å²) in [5, 5.41) is 4.02. The molecule has 0 radical (unpaired) electrons. The molecule has 1 aliphatic rings. The summed E-state index contributed by atoms with van der Waals surface area (Å²) in [6.45, 7) is 6.41. The van der Waals surface area contributed by atoms with E-state index in [-0.39, 0.29) is 5.91 Å². The lowest BCUT2D eigenvalue weighted by Crippen LogP contribution is -2.35. The quantitative estimate of drug-likeness (QED) is 0.674. The van der Waals surface area contributed by atoms with Gasteiger partial charge in [0.25, 0.3) is 5.91 Å². The molecule has 0 aromatic heterocycles. The first kappa shape index (κ1) is 17.3. The van der Waals surface area contributed by atoms with Crippen molar-refractivity contribution >= 4 is 12.1 Å². The summed E-state index contributed by atoms with van der Waals surface area (Å²) in [5.74, 6) is -0.207.